The van der Waals surface area contributed by atoms with Crippen molar-refractivity contribution in [3.63, 3.8) is 0 Å². The molecule has 0 saturated heterocycles. The minimum absolute atomic E-state index is 0.0896. The average Bonchev–Trinajstić information content (AvgIpc) is 2.37. The van der Waals surface area contributed by atoms with Gasteiger partial charge in [-0.05, 0) is 48.6 Å². The highest BCUT2D eigenvalue weighted by Crippen LogP contribution is 2.57. The summed E-state index contributed by atoms with van der Waals surface area (Å²) in [4.78, 5) is 2.01. The summed E-state index contributed by atoms with van der Waals surface area (Å²) in [5.74, 6) is -0.0896. The highest BCUT2D eigenvalue weighted by atomic mass is 79.9. The van der Waals surface area contributed by atoms with Crippen LogP contribution < -0.4 is 0 Å². The molecule has 0 saturated carbocycles. The van der Waals surface area contributed by atoms with Crippen molar-refractivity contribution in [3.05, 3.63) is 58.3 Å². The fourth-order valence-electron chi connectivity index (χ4n) is 1.92. The van der Waals surface area contributed by atoms with Gasteiger partial charge in [-0.1, -0.05) is 34.1 Å². The van der Waals surface area contributed by atoms with Crippen molar-refractivity contribution in [1.29, 1.82) is 0 Å². The number of halogens is 2. The summed E-state index contributed by atoms with van der Waals surface area (Å²) in [5, 5.41) is 0. The maximum Gasteiger partial charge on any atom is 0.139 e. The van der Waals surface area contributed by atoms with Crippen molar-refractivity contribution in [2.45, 2.75) is 16.7 Å². The Morgan fingerprint density at radius 1 is 1.00 bits per heavy atom. The van der Waals surface area contributed by atoms with Gasteiger partial charge in [-0.25, -0.2) is 4.39 Å². The molecule has 2 aromatic rings. The molecule has 2 aromatic carbocycles. The number of rotatable bonds is 2. The Morgan fingerprint density at radius 3 is 2.22 bits per heavy atom. The molecule has 0 heterocycles. The molecule has 0 atom stereocenters. The second-order valence-corrected chi connectivity index (χ2v) is 9.04. The van der Waals surface area contributed by atoms with Crippen LogP contribution >= 0.6 is 26.0 Å². The zero-order valence-electron chi connectivity index (χ0n) is 10.7. The zero-order chi connectivity index (χ0) is 13.3. The van der Waals surface area contributed by atoms with Gasteiger partial charge in [-0.15, -0.1) is 0 Å². The SMILES string of the molecule is Cc1c(Br)ccc(S(C)(C)c2ccccc2)c1F. The van der Waals surface area contributed by atoms with E-state index in [1.54, 1.807) is 0 Å². The van der Waals surface area contributed by atoms with Crippen molar-refractivity contribution in [2.75, 3.05) is 12.5 Å². The summed E-state index contributed by atoms with van der Waals surface area (Å²) in [6, 6.07) is 14.0. The highest BCUT2D eigenvalue weighted by molar-refractivity contribution is 9.10. The van der Waals surface area contributed by atoms with Gasteiger partial charge in [0.15, 0.2) is 0 Å². The van der Waals surface area contributed by atoms with Crippen LogP contribution in [0.25, 0.3) is 0 Å². The van der Waals surface area contributed by atoms with Crippen LogP contribution in [0.1, 0.15) is 5.56 Å². The maximum atomic E-state index is 14.4. The summed E-state index contributed by atoms with van der Waals surface area (Å²) >= 11 is 3.37. The molecule has 0 N–H and O–H groups in total. The second kappa shape index (κ2) is 5.06. The largest absolute Gasteiger partial charge is 0.205 e. The number of benzene rings is 2. The van der Waals surface area contributed by atoms with E-state index in [0.29, 0.717) is 5.56 Å². The van der Waals surface area contributed by atoms with Crippen molar-refractivity contribution >= 4 is 26.0 Å². The van der Waals surface area contributed by atoms with Gasteiger partial charge in [-0.3, -0.25) is 0 Å². The van der Waals surface area contributed by atoms with Gasteiger partial charge < -0.3 is 0 Å². The summed E-state index contributed by atoms with van der Waals surface area (Å²) in [5.41, 5.74) is 0.684. The third-order valence-electron chi connectivity index (χ3n) is 3.17. The lowest BCUT2D eigenvalue weighted by Gasteiger charge is -2.33. The lowest BCUT2D eigenvalue weighted by atomic mass is 10.2. The molecule has 0 unspecified atom stereocenters. The Balaban J connectivity index is 2.58. The molecule has 0 amide bonds. The fourth-order valence-corrected chi connectivity index (χ4v) is 4.33. The first-order valence-corrected chi connectivity index (χ1v) is 8.92. The van der Waals surface area contributed by atoms with Crippen LogP contribution in [0.2, 0.25) is 0 Å². The van der Waals surface area contributed by atoms with Crippen LogP contribution in [-0.4, -0.2) is 12.5 Å². The molecule has 2 rings (SSSR count). The molecule has 0 aromatic heterocycles. The van der Waals surface area contributed by atoms with Crippen molar-refractivity contribution in [1.82, 2.24) is 0 Å². The molecule has 0 aliphatic carbocycles. The van der Waals surface area contributed by atoms with E-state index >= 15 is 0 Å². The molecule has 0 radical (unpaired) electrons. The Kier molecular flexibility index (Phi) is 3.83. The number of hydrogen-bond donors (Lipinski definition) is 0. The summed E-state index contributed by atoms with van der Waals surface area (Å²) in [6.45, 7) is 1.81. The Morgan fingerprint density at radius 2 is 1.61 bits per heavy atom. The molecule has 0 aliphatic rings. The first-order chi connectivity index (χ1) is 8.44. The fraction of sp³-hybridized carbons (Fsp3) is 0.200. The predicted octanol–water partition coefficient (Wildman–Crippen LogP) is 5.38. The van der Waals surface area contributed by atoms with Gasteiger partial charge >= 0.3 is 0 Å². The van der Waals surface area contributed by atoms with Gasteiger partial charge in [0.05, 0.1) is 0 Å². The van der Waals surface area contributed by atoms with Gasteiger partial charge in [0, 0.05) is 14.9 Å². The smallest absolute Gasteiger partial charge is 0.139 e. The predicted molar refractivity (Wildman–Crippen MR) is 81.3 cm³/mol. The molecule has 0 bridgehead atoms. The normalized spacial score (nSPS) is 12.5. The Bertz CT molecular complexity index is 564. The molecular formula is C15H16BrFS. The summed E-state index contributed by atoms with van der Waals surface area (Å²) in [7, 11) is -1.30. The van der Waals surface area contributed by atoms with Crippen LogP contribution in [0.15, 0.2) is 56.7 Å². The monoisotopic (exact) mass is 326 g/mol. The minimum atomic E-state index is -1.30. The lowest BCUT2D eigenvalue weighted by molar-refractivity contribution is 0.590. The zero-order valence-corrected chi connectivity index (χ0v) is 13.1. The summed E-state index contributed by atoms with van der Waals surface area (Å²) in [6.07, 6.45) is 4.27. The van der Waals surface area contributed by atoms with Crippen LogP contribution in [0, 0.1) is 12.7 Å². The van der Waals surface area contributed by atoms with Gasteiger partial charge in [-0.2, -0.15) is 10.0 Å². The van der Waals surface area contributed by atoms with Crippen molar-refractivity contribution < 1.29 is 4.39 Å². The molecule has 0 spiro atoms. The first kappa shape index (κ1) is 13.6. The van der Waals surface area contributed by atoms with E-state index in [9.17, 15) is 4.39 Å². The van der Waals surface area contributed by atoms with Crippen molar-refractivity contribution in [3.8, 4) is 0 Å². The van der Waals surface area contributed by atoms with Crippen LogP contribution in [0.4, 0.5) is 4.39 Å². The molecule has 0 nitrogen and oxygen atoms in total. The molecule has 0 fully saturated rings. The van der Waals surface area contributed by atoms with Crippen LogP contribution in [-0.2, 0) is 0 Å². The molecule has 18 heavy (non-hydrogen) atoms. The molecular weight excluding hydrogens is 311 g/mol. The van der Waals surface area contributed by atoms with E-state index in [-0.39, 0.29) is 5.82 Å². The third kappa shape index (κ3) is 2.34. The maximum absolute atomic E-state index is 14.4. The molecule has 3 heteroatoms. The van der Waals surface area contributed by atoms with E-state index in [1.807, 2.05) is 37.3 Å². The quantitative estimate of drug-likeness (QED) is 0.695. The Hall–Kier alpha value is -0.800. The highest BCUT2D eigenvalue weighted by Gasteiger charge is 2.22. The van der Waals surface area contributed by atoms with Gasteiger partial charge in [0.25, 0.3) is 0 Å². The van der Waals surface area contributed by atoms with Crippen LogP contribution in [0.3, 0.4) is 0 Å². The summed E-state index contributed by atoms with van der Waals surface area (Å²) < 4.78 is 15.3. The second-order valence-electron chi connectivity index (χ2n) is 4.62. The van der Waals surface area contributed by atoms with Gasteiger partial charge in [0.1, 0.15) is 5.82 Å². The van der Waals surface area contributed by atoms with Crippen molar-refractivity contribution in [2.24, 2.45) is 0 Å². The van der Waals surface area contributed by atoms with Gasteiger partial charge in [0.2, 0.25) is 0 Å². The molecule has 96 valence electrons. The Labute approximate surface area is 118 Å². The van der Waals surface area contributed by atoms with E-state index < -0.39 is 10.0 Å². The topological polar surface area (TPSA) is 0 Å². The number of hydrogen-bond acceptors (Lipinski definition) is 0. The first-order valence-electron chi connectivity index (χ1n) is 5.67. The van der Waals surface area contributed by atoms with E-state index in [4.69, 9.17) is 0 Å². The average molecular weight is 327 g/mol. The third-order valence-corrected chi connectivity index (χ3v) is 6.89. The van der Waals surface area contributed by atoms with E-state index in [1.165, 1.54) is 4.90 Å². The minimum Gasteiger partial charge on any atom is -0.205 e. The van der Waals surface area contributed by atoms with Crippen LogP contribution in [0.5, 0.6) is 0 Å². The standard InChI is InChI=1S/C15H16BrFS/c1-11-13(16)9-10-14(15(11)17)18(2,3)12-7-5-4-6-8-12/h4-10H,1-3H3. The van der Waals surface area contributed by atoms with E-state index in [2.05, 4.69) is 40.6 Å². The molecule has 0 aliphatic heterocycles. The lowest BCUT2D eigenvalue weighted by Crippen LogP contribution is -2.02. The van der Waals surface area contributed by atoms with E-state index in [0.717, 1.165) is 9.37 Å².